The molecule has 0 saturated carbocycles. The highest BCUT2D eigenvalue weighted by Crippen LogP contribution is 2.39. The Kier molecular flexibility index (Phi) is 7.50. The smallest absolute Gasteiger partial charge is 0.374 e. The molecule has 9 nitrogen and oxygen atoms in total. The maximum atomic E-state index is 12.7. The molecule has 0 aliphatic rings. The first-order valence-corrected chi connectivity index (χ1v) is 10.4. The third-order valence-corrected chi connectivity index (χ3v) is 5.17. The third-order valence-electron chi connectivity index (χ3n) is 4.27. The number of rotatable bonds is 9. The van der Waals surface area contributed by atoms with Crippen LogP contribution in [0.5, 0.6) is 11.5 Å². The van der Waals surface area contributed by atoms with Crippen LogP contribution in [0.3, 0.4) is 0 Å². The second-order valence-corrected chi connectivity index (χ2v) is 7.12. The molecule has 0 spiro atoms. The van der Waals surface area contributed by atoms with Crippen molar-refractivity contribution in [2.75, 3.05) is 32.8 Å². The first-order valence-electron chi connectivity index (χ1n) is 9.50. The van der Waals surface area contributed by atoms with E-state index in [4.69, 9.17) is 23.4 Å². The van der Waals surface area contributed by atoms with E-state index in [-0.39, 0.29) is 22.9 Å². The molecular weight excluding hydrogens is 438 g/mol. The van der Waals surface area contributed by atoms with Gasteiger partial charge in [-0.1, -0.05) is 6.07 Å². The molecule has 0 bridgehead atoms. The molecule has 168 valence electrons. The van der Waals surface area contributed by atoms with Crippen molar-refractivity contribution in [2.45, 2.75) is 6.92 Å². The van der Waals surface area contributed by atoms with Gasteiger partial charge in [0.15, 0.2) is 18.1 Å². The topological polar surface area (TPSA) is 113 Å². The van der Waals surface area contributed by atoms with Crippen molar-refractivity contribution in [3.8, 4) is 22.6 Å². The highest BCUT2D eigenvalue weighted by molar-refractivity contribution is 7.15. The number of esters is 2. The fourth-order valence-corrected chi connectivity index (χ4v) is 3.81. The maximum absolute atomic E-state index is 12.7. The summed E-state index contributed by atoms with van der Waals surface area (Å²) in [6.45, 7) is 1.30. The molecule has 1 N–H and O–H groups in total. The number of methoxy groups -OCH3 is 2. The average Bonchev–Trinajstić information content (AvgIpc) is 3.47. The van der Waals surface area contributed by atoms with Crippen LogP contribution in [0.1, 0.15) is 27.8 Å². The first-order chi connectivity index (χ1) is 15.5. The summed E-state index contributed by atoms with van der Waals surface area (Å²) in [5.41, 5.74) is 1.42. The Hall–Kier alpha value is -3.79. The van der Waals surface area contributed by atoms with Crippen LogP contribution in [0.15, 0.2) is 46.4 Å². The molecule has 0 atom stereocenters. The molecule has 32 heavy (non-hydrogen) atoms. The average molecular weight is 459 g/mol. The number of hydrogen-bond donors (Lipinski definition) is 1. The Labute approximate surface area is 187 Å². The molecule has 10 heteroatoms. The SMILES string of the molecule is CCOC(=O)c1c(-c2ccc(OC)c(OC)c2)csc1NC(=O)COC(=O)c1ccco1. The minimum atomic E-state index is -0.770. The monoisotopic (exact) mass is 459 g/mol. The van der Waals surface area contributed by atoms with E-state index in [0.29, 0.717) is 22.6 Å². The Morgan fingerprint density at radius 1 is 1.03 bits per heavy atom. The molecule has 0 radical (unpaired) electrons. The molecule has 0 fully saturated rings. The predicted molar refractivity (Wildman–Crippen MR) is 116 cm³/mol. The van der Waals surface area contributed by atoms with Crippen LogP contribution in [0, 0.1) is 0 Å². The van der Waals surface area contributed by atoms with Gasteiger partial charge in [-0.05, 0) is 36.8 Å². The predicted octanol–water partition coefficient (Wildman–Crippen LogP) is 4.00. The van der Waals surface area contributed by atoms with Gasteiger partial charge in [-0.25, -0.2) is 9.59 Å². The number of benzene rings is 1. The first kappa shape index (κ1) is 22.9. The molecule has 2 heterocycles. The molecule has 0 saturated heterocycles. The fraction of sp³-hybridized carbons (Fsp3) is 0.227. The molecule has 0 aliphatic carbocycles. The van der Waals surface area contributed by atoms with Gasteiger partial charge in [0.2, 0.25) is 5.76 Å². The van der Waals surface area contributed by atoms with Gasteiger partial charge in [0.1, 0.15) is 10.6 Å². The standard InChI is InChI=1S/C22H21NO8S/c1-4-29-22(26)19-14(13-7-8-15(27-2)17(10-13)28-3)12-32-20(19)23-18(24)11-31-21(25)16-6-5-9-30-16/h5-10,12H,4,11H2,1-3H3,(H,23,24). The van der Waals surface area contributed by atoms with E-state index in [1.54, 1.807) is 30.5 Å². The molecule has 3 rings (SSSR count). The summed E-state index contributed by atoms with van der Waals surface area (Å²) in [6.07, 6.45) is 1.32. The minimum absolute atomic E-state index is 0.0168. The Balaban J connectivity index is 1.83. The van der Waals surface area contributed by atoms with Gasteiger partial charge in [0.25, 0.3) is 5.91 Å². The van der Waals surface area contributed by atoms with E-state index >= 15 is 0 Å². The van der Waals surface area contributed by atoms with Crippen LogP contribution in [-0.4, -0.2) is 45.3 Å². The van der Waals surface area contributed by atoms with Crippen LogP contribution in [0.2, 0.25) is 0 Å². The summed E-state index contributed by atoms with van der Waals surface area (Å²) < 4.78 is 25.6. The van der Waals surface area contributed by atoms with Crippen LogP contribution >= 0.6 is 11.3 Å². The van der Waals surface area contributed by atoms with Crippen molar-refractivity contribution in [3.63, 3.8) is 0 Å². The fourth-order valence-electron chi connectivity index (χ4n) is 2.83. The summed E-state index contributed by atoms with van der Waals surface area (Å²) in [5.74, 6) is -0.972. The van der Waals surface area contributed by atoms with E-state index in [2.05, 4.69) is 5.32 Å². The van der Waals surface area contributed by atoms with Gasteiger partial charge in [-0.2, -0.15) is 0 Å². The van der Waals surface area contributed by atoms with E-state index in [9.17, 15) is 14.4 Å². The van der Waals surface area contributed by atoms with Gasteiger partial charge in [0.05, 0.1) is 27.1 Å². The van der Waals surface area contributed by atoms with Crippen LogP contribution in [0.25, 0.3) is 11.1 Å². The molecule has 1 aromatic carbocycles. The molecule has 2 aromatic heterocycles. The van der Waals surface area contributed by atoms with Gasteiger partial charge in [-0.15, -0.1) is 11.3 Å². The Bertz CT molecular complexity index is 1100. The molecular formula is C22H21NO8S. The Morgan fingerprint density at radius 2 is 1.81 bits per heavy atom. The Morgan fingerprint density at radius 3 is 2.47 bits per heavy atom. The van der Waals surface area contributed by atoms with Crippen LogP contribution < -0.4 is 14.8 Å². The van der Waals surface area contributed by atoms with Crippen molar-refractivity contribution in [3.05, 3.63) is 53.3 Å². The van der Waals surface area contributed by atoms with Crippen LogP contribution in [0.4, 0.5) is 5.00 Å². The van der Waals surface area contributed by atoms with Crippen molar-refractivity contribution in [2.24, 2.45) is 0 Å². The summed E-state index contributed by atoms with van der Waals surface area (Å²) in [7, 11) is 3.04. The maximum Gasteiger partial charge on any atom is 0.374 e. The summed E-state index contributed by atoms with van der Waals surface area (Å²) in [6, 6.07) is 8.16. The van der Waals surface area contributed by atoms with E-state index in [0.717, 1.165) is 11.3 Å². The summed E-state index contributed by atoms with van der Waals surface area (Å²) >= 11 is 1.15. The lowest BCUT2D eigenvalue weighted by Crippen LogP contribution is -2.21. The molecule has 0 unspecified atom stereocenters. The zero-order chi connectivity index (χ0) is 23.1. The molecule has 3 aromatic rings. The number of hydrogen-bond acceptors (Lipinski definition) is 9. The minimum Gasteiger partial charge on any atom is -0.493 e. The zero-order valence-electron chi connectivity index (χ0n) is 17.6. The number of carbonyl (C=O) groups is 3. The number of carbonyl (C=O) groups excluding carboxylic acids is 3. The van der Waals surface area contributed by atoms with E-state index < -0.39 is 24.5 Å². The summed E-state index contributed by atoms with van der Waals surface area (Å²) in [4.78, 5) is 36.9. The highest BCUT2D eigenvalue weighted by Gasteiger charge is 2.24. The lowest BCUT2D eigenvalue weighted by molar-refractivity contribution is -0.119. The number of furan rings is 1. The van der Waals surface area contributed by atoms with Crippen molar-refractivity contribution >= 4 is 34.2 Å². The number of ether oxygens (including phenoxy) is 4. The number of anilines is 1. The third kappa shape index (κ3) is 5.09. The van der Waals surface area contributed by atoms with Gasteiger partial charge in [-0.3, -0.25) is 4.79 Å². The normalized spacial score (nSPS) is 10.3. The van der Waals surface area contributed by atoms with E-state index in [1.807, 2.05) is 0 Å². The van der Waals surface area contributed by atoms with Crippen molar-refractivity contribution in [1.82, 2.24) is 0 Å². The van der Waals surface area contributed by atoms with Gasteiger partial charge >= 0.3 is 11.9 Å². The molecule has 1 amide bonds. The second-order valence-electron chi connectivity index (χ2n) is 6.25. The summed E-state index contributed by atoms with van der Waals surface area (Å²) in [5, 5.41) is 4.60. The largest absolute Gasteiger partial charge is 0.493 e. The van der Waals surface area contributed by atoms with Crippen LogP contribution in [-0.2, 0) is 14.3 Å². The highest BCUT2D eigenvalue weighted by atomic mass is 32.1. The number of thiophene rings is 1. The van der Waals surface area contributed by atoms with Gasteiger partial charge < -0.3 is 28.7 Å². The number of amides is 1. The van der Waals surface area contributed by atoms with Gasteiger partial charge in [0, 0.05) is 10.9 Å². The lowest BCUT2D eigenvalue weighted by Gasteiger charge is -2.11. The van der Waals surface area contributed by atoms with Crippen molar-refractivity contribution < 1.29 is 37.7 Å². The quantitative estimate of drug-likeness (QED) is 0.478. The number of nitrogens with one attached hydrogen (secondary N) is 1. The zero-order valence-corrected chi connectivity index (χ0v) is 18.4. The molecule has 0 aliphatic heterocycles. The lowest BCUT2D eigenvalue weighted by atomic mass is 10.0. The second kappa shape index (κ2) is 10.5. The van der Waals surface area contributed by atoms with Crippen molar-refractivity contribution in [1.29, 1.82) is 0 Å². The van der Waals surface area contributed by atoms with E-state index in [1.165, 1.54) is 32.6 Å².